The van der Waals surface area contributed by atoms with Crippen LogP contribution in [0.15, 0.2) is 24.3 Å². The fourth-order valence-electron chi connectivity index (χ4n) is 1.62. The largest absolute Gasteiger partial charge is 0.382 e. The van der Waals surface area contributed by atoms with E-state index in [1.165, 1.54) is 12.1 Å². The minimum atomic E-state index is -0.548. The maximum absolute atomic E-state index is 12.7. The Kier molecular flexibility index (Phi) is 5.92. The lowest BCUT2D eigenvalue weighted by Crippen LogP contribution is -2.45. The third-order valence-electron chi connectivity index (χ3n) is 2.88. The average molecular weight is 269 g/mol. The van der Waals surface area contributed by atoms with Crippen LogP contribution < -0.4 is 5.32 Å². The zero-order chi connectivity index (χ0) is 14.3. The molecular formula is C14H20FNO3. The highest BCUT2D eigenvalue weighted by molar-refractivity contribution is 5.78. The van der Waals surface area contributed by atoms with Gasteiger partial charge in [0, 0.05) is 20.8 Å². The van der Waals surface area contributed by atoms with Gasteiger partial charge < -0.3 is 14.8 Å². The van der Waals surface area contributed by atoms with Crippen molar-refractivity contribution in [3.05, 3.63) is 35.6 Å². The van der Waals surface area contributed by atoms with Crippen LogP contribution in [0.2, 0.25) is 0 Å². The second-order valence-corrected chi connectivity index (χ2v) is 4.67. The zero-order valence-electron chi connectivity index (χ0n) is 11.5. The van der Waals surface area contributed by atoms with Gasteiger partial charge in [0.05, 0.1) is 13.0 Å². The molecule has 1 atom stereocenters. The summed E-state index contributed by atoms with van der Waals surface area (Å²) in [5.74, 6) is -0.442. The van der Waals surface area contributed by atoms with Gasteiger partial charge in [-0.25, -0.2) is 4.39 Å². The molecule has 0 fully saturated rings. The molecule has 0 bridgehead atoms. The number of hydrogen-bond donors (Lipinski definition) is 1. The third kappa shape index (κ3) is 5.36. The van der Waals surface area contributed by atoms with Crippen molar-refractivity contribution < 1.29 is 18.7 Å². The fourth-order valence-corrected chi connectivity index (χ4v) is 1.62. The molecule has 0 aromatic heterocycles. The molecule has 1 aromatic rings. The third-order valence-corrected chi connectivity index (χ3v) is 2.88. The van der Waals surface area contributed by atoms with Gasteiger partial charge >= 0.3 is 0 Å². The fraction of sp³-hybridized carbons (Fsp3) is 0.500. The zero-order valence-corrected chi connectivity index (χ0v) is 11.5. The van der Waals surface area contributed by atoms with Crippen molar-refractivity contribution in [1.29, 1.82) is 0 Å². The first kappa shape index (κ1) is 15.6. The first-order valence-corrected chi connectivity index (χ1v) is 6.04. The molecule has 1 rings (SSSR count). The van der Waals surface area contributed by atoms with Crippen molar-refractivity contribution in [3.63, 3.8) is 0 Å². The number of hydrogen-bond acceptors (Lipinski definition) is 3. The van der Waals surface area contributed by atoms with Crippen molar-refractivity contribution in [2.24, 2.45) is 0 Å². The first-order chi connectivity index (χ1) is 8.99. The summed E-state index contributed by atoms with van der Waals surface area (Å²) < 4.78 is 23.1. The normalized spacial score (nSPS) is 13.9. The van der Waals surface area contributed by atoms with E-state index in [9.17, 15) is 9.18 Å². The van der Waals surface area contributed by atoms with Gasteiger partial charge in [0.2, 0.25) is 5.91 Å². The molecule has 1 amide bonds. The number of halogens is 1. The predicted octanol–water partition coefficient (Wildman–Crippen LogP) is 1.54. The Balaban J connectivity index is 2.45. The second-order valence-electron chi connectivity index (χ2n) is 4.67. The van der Waals surface area contributed by atoms with Crippen LogP contribution in [0.1, 0.15) is 12.5 Å². The molecule has 0 aliphatic carbocycles. The Labute approximate surface area is 112 Å². The van der Waals surface area contributed by atoms with E-state index in [1.54, 1.807) is 26.4 Å². The van der Waals surface area contributed by atoms with E-state index in [-0.39, 0.29) is 18.1 Å². The summed E-state index contributed by atoms with van der Waals surface area (Å²) in [5, 5.41) is 2.78. The molecule has 5 heteroatoms. The van der Waals surface area contributed by atoms with Gasteiger partial charge in [0.25, 0.3) is 0 Å². The molecule has 0 aliphatic rings. The van der Waals surface area contributed by atoms with Crippen LogP contribution in [0.5, 0.6) is 0 Å². The smallest absolute Gasteiger partial charge is 0.224 e. The van der Waals surface area contributed by atoms with Gasteiger partial charge in [-0.3, -0.25) is 4.79 Å². The number of nitrogens with one attached hydrogen (secondary N) is 1. The van der Waals surface area contributed by atoms with Crippen molar-refractivity contribution in [2.75, 3.05) is 27.4 Å². The molecule has 0 saturated heterocycles. The number of ether oxygens (including phenoxy) is 2. The molecule has 0 radical (unpaired) electrons. The van der Waals surface area contributed by atoms with E-state index in [4.69, 9.17) is 9.47 Å². The van der Waals surface area contributed by atoms with Crippen LogP contribution in [-0.2, 0) is 20.7 Å². The molecule has 0 aliphatic heterocycles. The molecule has 1 unspecified atom stereocenters. The van der Waals surface area contributed by atoms with Crippen molar-refractivity contribution >= 4 is 5.91 Å². The van der Waals surface area contributed by atoms with E-state index < -0.39 is 5.60 Å². The van der Waals surface area contributed by atoms with E-state index in [0.29, 0.717) is 13.2 Å². The molecule has 1 aromatic carbocycles. The van der Waals surface area contributed by atoms with Gasteiger partial charge in [-0.05, 0) is 24.6 Å². The lowest BCUT2D eigenvalue weighted by Gasteiger charge is -2.27. The Morgan fingerprint density at radius 1 is 1.32 bits per heavy atom. The lowest BCUT2D eigenvalue weighted by atomic mass is 10.1. The summed E-state index contributed by atoms with van der Waals surface area (Å²) in [5.41, 5.74) is 0.220. The minimum Gasteiger partial charge on any atom is -0.382 e. The number of carbonyl (C=O) groups excluding carboxylic acids is 1. The topological polar surface area (TPSA) is 47.6 Å². The summed E-state index contributed by atoms with van der Waals surface area (Å²) in [4.78, 5) is 11.8. The van der Waals surface area contributed by atoms with Crippen molar-refractivity contribution in [2.45, 2.75) is 18.9 Å². The summed E-state index contributed by atoms with van der Waals surface area (Å²) in [6, 6.07) is 5.87. The number of benzene rings is 1. The summed E-state index contributed by atoms with van der Waals surface area (Å²) in [6.45, 7) is 2.60. The maximum atomic E-state index is 12.7. The maximum Gasteiger partial charge on any atom is 0.224 e. The summed E-state index contributed by atoms with van der Waals surface area (Å²) in [7, 11) is 3.16. The Hall–Kier alpha value is -1.46. The Morgan fingerprint density at radius 3 is 2.47 bits per heavy atom. The second kappa shape index (κ2) is 7.21. The Morgan fingerprint density at radius 2 is 1.95 bits per heavy atom. The lowest BCUT2D eigenvalue weighted by molar-refractivity contribution is -0.122. The van der Waals surface area contributed by atoms with Crippen LogP contribution >= 0.6 is 0 Å². The number of amides is 1. The minimum absolute atomic E-state index is 0.133. The van der Waals surface area contributed by atoms with Crippen LogP contribution in [0.3, 0.4) is 0 Å². The van der Waals surface area contributed by atoms with E-state index in [0.717, 1.165) is 5.56 Å². The van der Waals surface area contributed by atoms with Gasteiger partial charge in [0.15, 0.2) is 0 Å². The first-order valence-electron chi connectivity index (χ1n) is 6.04. The van der Waals surface area contributed by atoms with E-state index in [1.807, 2.05) is 6.92 Å². The molecule has 4 nitrogen and oxygen atoms in total. The molecule has 106 valence electrons. The highest BCUT2D eigenvalue weighted by Gasteiger charge is 2.24. The molecule has 1 N–H and O–H groups in total. The van der Waals surface area contributed by atoms with Crippen LogP contribution in [0.25, 0.3) is 0 Å². The molecule has 0 saturated carbocycles. The van der Waals surface area contributed by atoms with E-state index in [2.05, 4.69) is 5.32 Å². The molecule has 0 heterocycles. The quantitative estimate of drug-likeness (QED) is 0.816. The summed E-state index contributed by atoms with van der Waals surface area (Å²) >= 11 is 0. The van der Waals surface area contributed by atoms with Crippen LogP contribution in [0, 0.1) is 5.82 Å². The van der Waals surface area contributed by atoms with E-state index >= 15 is 0 Å². The molecular weight excluding hydrogens is 249 g/mol. The highest BCUT2D eigenvalue weighted by Crippen LogP contribution is 2.08. The van der Waals surface area contributed by atoms with Gasteiger partial charge in [0.1, 0.15) is 11.4 Å². The SMILES string of the molecule is COCC(C)(CNC(=O)Cc1ccc(F)cc1)OC. The monoisotopic (exact) mass is 269 g/mol. The average Bonchev–Trinajstić information content (AvgIpc) is 2.40. The molecule has 0 spiro atoms. The van der Waals surface area contributed by atoms with Gasteiger partial charge in [-0.2, -0.15) is 0 Å². The van der Waals surface area contributed by atoms with Crippen molar-refractivity contribution in [1.82, 2.24) is 5.32 Å². The Bertz CT molecular complexity index is 408. The highest BCUT2D eigenvalue weighted by atomic mass is 19.1. The standard InChI is InChI=1S/C14H20FNO3/c1-14(19-3,10-18-2)9-16-13(17)8-11-4-6-12(15)7-5-11/h4-7H,8-10H2,1-3H3,(H,16,17). The van der Waals surface area contributed by atoms with Gasteiger partial charge in [-0.15, -0.1) is 0 Å². The number of rotatable bonds is 7. The van der Waals surface area contributed by atoms with Crippen LogP contribution in [-0.4, -0.2) is 38.9 Å². The predicted molar refractivity (Wildman–Crippen MR) is 70.4 cm³/mol. The van der Waals surface area contributed by atoms with Crippen LogP contribution in [0.4, 0.5) is 4.39 Å². The van der Waals surface area contributed by atoms with Gasteiger partial charge in [-0.1, -0.05) is 12.1 Å². The molecule has 19 heavy (non-hydrogen) atoms. The summed E-state index contributed by atoms with van der Waals surface area (Å²) in [6.07, 6.45) is 0.215. The number of methoxy groups -OCH3 is 2. The number of carbonyl (C=O) groups is 1. The van der Waals surface area contributed by atoms with Crippen molar-refractivity contribution in [3.8, 4) is 0 Å².